The van der Waals surface area contributed by atoms with Crippen molar-refractivity contribution in [1.82, 2.24) is 0 Å². The fraction of sp³-hybridized carbons (Fsp3) is 0.462. The van der Waals surface area contributed by atoms with Crippen LogP contribution in [0.15, 0.2) is 18.2 Å². The maximum absolute atomic E-state index is 12.1. The van der Waals surface area contributed by atoms with Gasteiger partial charge in [0.25, 0.3) is 0 Å². The quantitative estimate of drug-likeness (QED) is 0.836. The van der Waals surface area contributed by atoms with Gasteiger partial charge in [-0.05, 0) is 24.6 Å². The van der Waals surface area contributed by atoms with Crippen LogP contribution in [0.5, 0.6) is 5.75 Å². The third-order valence-electron chi connectivity index (χ3n) is 3.07. The molecule has 0 spiro atoms. The lowest BCUT2D eigenvalue weighted by molar-refractivity contribution is -0.120. The summed E-state index contributed by atoms with van der Waals surface area (Å²) in [4.78, 5) is 12.1. The number of aryl methyl sites for hydroxylation is 1. The van der Waals surface area contributed by atoms with Gasteiger partial charge < -0.3 is 20.5 Å². The van der Waals surface area contributed by atoms with Gasteiger partial charge in [0.1, 0.15) is 5.75 Å². The predicted octanol–water partition coefficient (Wildman–Crippen LogP) is 0.916. The monoisotopic (exact) mass is 250 g/mol. The van der Waals surface area contributed by atoms with Crippen LogP contribution in [0.3, 0.4) is 0 Å². The van der Waals surface area contributed by atoms with E-state index in [1.165, 1.54) is 0 Å². The average molecular weight is 250 g/mol. The third kappa shape index (κ3) is 2.63. The first-order chi connectivity index (χ1) is 8.61. The molecule has 5 nitrogen and oxygen atoms in total. The standard InChI is InChI=1S/C13H18N2O3/c1-8-3-4-12(17-2)11(5-8)15-13(16)9-6-18-7-10(9)14/h3-5,9-10H,6-7,14H2,1-2H3,(H,15,16). The number of benzene rings is 1. The van der Waals surface area contributed by atoms with Crippen LogP contribution in [-0.2, 0) is 9.53 Å². The molecule has 1 saturated heterocycles. The maximum Gasteiger partial charge on any atom is 0.231 e. The molecule has 3 N–H and O–H groups in total. The fourth-order valence-corrected chi connectivity index (χ4v) is 1.99. The van der Waals surface area contributed by atoms with Crippen molar-refractivity contribution < 1.29 is 14.3 Å². The Hall–Kier alpha value is -1.59. The van der Waals surface area contributed by atoms with Crippen molar-refractivity contribution in [2.45, 2.75) is 13.0 Å². The SMILES string of the molecule is COc1ccc(C)cc1NC(=O)C1COCC1N. The molecule has 0 radical (unpaired) electrons. The molecule has 2 rings (SSSR count). The van der Waals surface area contributed by atoms with Gasteiger partial charge in [-0.25, -0.2) is 0 Å². The Morgan fingerprint density at radius 2 is 2.28 bits per heavy atom. The van der Waals surface area contributed by atoms with Crippen LogP contribution in [0.1, 0.15) is 5.56 Å². The van der Waals surface area contributed by atoms with Crippen LogP contribution in [0, 0.1) is 12.8 Å². The zero-order valence-corrected chi connectivity index (χ0v) is 10.6. The maximum atomic E-state index is 12.1. The average Bonchev–Trinajstić information content (AvgIpc) is 2.76. The second-order valence-corrected chi connectivity index (χ2v) is 4.50. The Bertz CT molecular complexity index is 448. The molecular formula is C13H18N2O3. The van der Waals surface area contributed by atoms with Crippen LogP contribution in [0.25, 0.3) is 0 Å². The zero-order valence-electron chi connectivity index (χ0n) is 10.6. The number of nitrogens with two attached hydrogens (primary N) is 1. The lowest BCUT2D eigenvalue weighted by Gasteiger charge is -2.15. The van der Waals surface area contributed by atoms with E-state index in [-0.39, 0.29) is 17.9 Å². The van der Waals surface area contributed by atoms with E-state index in [9.17, 15) is 4.79 Å². The molecule has 1 aromatic carbocycles. The van der Waals surface area contributed by atoms with Gasteiger partial charge in [0.15, 0.2) is 0 Å². The Morgan fingerprint density at radius 3 is 2.89 bits per heavy atom. The highest BCUT2D eigenvalue weighted by Crippen LogP contribution is 2.26. The molecular weight excluding hydrogens is 232 g/mol. The van der Waals surface area contributed by atoms with Crippen LogP contribution < -0.4 is 15.8 Å². The minimum atomic E-state index is -0.296. The summed E-state index contributed by atoms with van der Waals surface area (Å²) in [5.41, 5.74) is 7.54. The molecule has 5 heteroatoms. The molecule has 18 heavy (non-hydrogen) atoms. The minimum absolute atomic E-state index is 0.121. The van der Waals surface area contributed by atoms with Crippen LogP contribution >= 0.6 is 0 Å². The number of ether oxygens (including phenoxy) is 2. The van der Waals surface area contributed by atoms with E-state index in [1.807, 2.05) is 25.1 Å². The van der Waals surface area contributed by atoms with Gasteiger partial charge in [0, 0.05) is 6.04 Å². The van der Waals surface area contributed by atoms with E-state index in [1.54, 1.807) is 7.11 Å². The van der Waals surface area contributed by atoms with E-state index < -0.39 is 0 Å². The van der Waals surface area contributed by atoms with Crippen LogP contribution in [0.2, 0.25) is 0 Å². The molecule has 1 amide bonds. The Labute approximate surface area is 106 Å². The van der Waals surface area contributed by atoms with Gasteiger partial charge >= 0.3 is 0 Å². The van der Waals surface area contributed by atoms with E-state index in [4.69, 9.17) is 15.2 Å². The fourth-order valence-electron chi connectivity index (χ4n) is 1.99. The summed E-state index contributed by atoms with van der Waals surface area (Å²) in [6.45, 7) is 2.77. The van der Waals surface area contributed by atoms with Crippen molar-refractivity contribution in [1.29, 1.82) is 0 Å². The molecule has 0 aromatic heterocycles. The lowest BCUT2D eigenvalue weighted by Crippen LogP contribution is -2.37. The molecule has 0 bridgehead atoms. The second-order valence-electron chi connectivity index (χ2n) is 4.50. The van der Waals surface area contributed by atoms with Crippen molar-refractivity contribution in [3.63, 3.8) is 0 Å². The topological polar surface area (TPSA) is 73.6 Å². The van der Waals surface area contributed by atoms with Crippen molar-refractivity contribution in [3.8, 4) is 5.75 Å². The molecule has 2 atom stereocenters. The molecule has 2 unspecified atom stereocenters. The van der Waals surface area contributed by atoms with Gasteiger partial charge in [-0.1, -0.05) is 6.07 Å². The normalized spacial score (nSPS) is 22.8. The van der Waals surface area contributed by atoms with Gasteiger partial charge in [-0.3, -0.25) is 4.79 Å². The number of methoxy groups -OCH3 is 1. The summed E-state index contributed by atoms with van der Waals surface area (Å²) in [5, 5.41) is 2.85. The highest BCUT2D eigenvalue weighted by atomic mass is 16.5. The number of nitrogens with one attached hydrogen (secondary N) is 1. The van der Waals surface area contributed by atoms with E-state index in [0.29, 0.717) is 24.7 Å². The van der Waals surface area contributed by atoms with Gasteiger partial charge in [0.2, 0.25) is 5.91 Å². The molecule has 1 aliphatic rings. The number of carbonyl (C=O) groups excluding carboxylic acids is 1. The van der Waals surface area contributed by atoms with Gasteiger partial charge in [-0.15, -0.1) is 0 Å². The van der Waals surface area contributed by atoms with Crippen LogP contribution in [-0.4, -0.2) is 32.3 Å². The van der Waals surface area contributed by atoms with E-state index in [0.717, 1.165) is 5.56 Å². The summed E-state index contributed by atoms with van der Waals surface area (Å²) < 4.78 is 10.4. The summed E-state index contributed by atoms with van der Waals surface area (Å²) in [6.07, 6.45) is 0. The third-order valence-corrected chi connectivity index (χ3v) is 3.07. The number of hydrogen-bond acceptors (Lipinski definition) is 4. The number of carbonyl (C=O) groups is 1. The lowest BCUT2D eigenvalue weighted by atomic mass is 10.0. The summed E-state index contributed by atoms with van der Waals surface area (Å²) in [7, 11) is 1.57. The highest BCUT2D eigenvalue weighted by molar-refractivity contribution is 5.94. The second kappa shape index (κ2) is 5.37. The van der Waals surface area contributed by atoms with Crippen molar-refractivity contribution in [2.24, 2.45) is 11.7 Å². The number of anilines is 1. The smallest absolute Gasteiger partial charge is 0.231 e. The molecule has 1 heterocycles. The first-order valence-corrected chi connectivity index (χ1v) is 5.90. The summed E-state index contributed by atoms with van der Waals surface area (Å²) in [6, 6.07) is 5.40. The minimum Gasteiger partial charge on any atom is -0.495 e. The summed E-state index contributed by atoms with van der Waals surface area (Å²) >= 11 is 0. The zero-order chi connectivity index (χ0) is 13.1. The van der Waals surface area contributed by atoms with Crippen molar-refractivity contribution in [3.05, 3.63) is 23.8 Å². The Morgan fingerprint density at radius 1 is 1.50 bits per heavy atom. The molecule has 0 aliphatic carbocycles. The number of amides is 1. The Kier molecular flexibility index (Phi) is 3.84. The first-order valence-electron chi connectivity index (χ1n) is 5.90. The van der Waals surface area contributed by atoms with Crippen molar-refractivity contribution in [2.75, 3.05) is 25.6 Å². The number of hydrogen-bond donors (Lipinski definition) is 2. The van der Waals surface area contributed by atoms with Crippen molar-refractivity contribution >= 4 is 11.6 Å². The van der Waals surface area contributed by atoms with Gasteiger partial charge in [-0.2, -0.15) is 0 Å². The first kappa shape index (κ1) is 12.9. The van der Waals surface area contributed by atoms with Gasteiger partial charge in [0.05, 0.1) is 31.9 Å². The number of rotatable bonds is 3. The molecule has 1 aromatic rings. The molecule has 1 aliphatic heterocycles. The highest BCUT2D eigenvalue weighted by Gasteiger charge is 2.31. The predicted molar refractivity (Wildman–Crippen MR) is 68.6 cm³/mol. The van der Waals surface area contributed by atoms with Crippen LogP contribution in [0.4, 0.5) is 5.69 Å². The largest absolute Gasteiger partial charge is 0.495 e. The van der Waals surface area contributed by atoms with E-state index in [2.05, 4.69) is 5.32 Å². The van der Waals surface area contributed by atoms with E-state index >= 15 is 0 Å². The molecule has 98 valence electrons. The molecule has 0 saturated carbocycles. The molecule has 1 fully saturated rings. The Balaban J connectivity index is 2.13. The summed E-state index contributed by atoms with van der Waals surface area (Å²) in [5.74, 6) is 0.223.